The summed E-state index contributed by atoms with van der Waals surface area (Å²) in [6, 6.07) is -1.39. The standard InChI is InChI=1S/C11H17N2O8P.H2O/c1-6-10(15)8(3-14)7(2-13-6)4-20-11(16)9(12)5-21-22(17,18)19;/h2,9,14-15H,3-5,12H2,1H3,(H2,17,18,19);1H2/t9-;/m0./s1. The number of aliphatic hydroxyl groups is 1. The van der Waals surface area contributed by atoms with Crippen molar-refractivity contribution in [3.8, 4) is 5.75 Å². The number of rotatable bonds is 7. The zero-order valence-corrected chi connectivity index (χ0v) is 13.1. The molecule has 0 amide bonds. The smallest absolute Gasteiger partial charge is 0.469 e. The van der Waals surface area contributed by atoms with Gasteiger partial charge >= 0.3 is 13.8 Å². The predicted molar refractivity (Wildman–Crippen MR) is 75.9 cm³/mol. The monoisotopic (exact) mass is 354 g/mol. The lowest BCUT2D eigenvalue weighted by atomic mass is 10.1. The summed E-state index contributed by atoms with van der Waals surface area (Å²) in [6.45, 7) is 0.0294. The second kappa shape index (κ2) is 8.89. The van der Waals surface area contributed by atoms with Gasteiger partial charge in [-0.2, -0.15) is 0 Å². The van der Waals surface area contributed by atoms with Crippen LogP contribution >= 0.6 is 7.82 Å². The molecule has 0 spiro atoms. The molecule has 1 aromatic heterocycles. The number of aryl methyl sites for hydroxylation is 1. The average Bonchev–Trinajstić information content (AvgIpc) is 2.44. The van der Waals surface area contributed by atoms with Gasteiger partial charge in [-0.3, -0.25) is 14.3 Å². The number of hydrogen-bond donors (Lipinski definition) is 5. The number of nitrogens with zero attached hydrogens (tertiary/aromatic N) is 1. The Morgan fingerprint density at radius 3 is 2.61 bits per heavy atom. The van der Waals surface area contributed by atoms with Gasteiger partial charge in [0.05, 0.1) is 18.9 Å². The molecule has 0 fully saturated rings. The van der Waals surface area contributed by atoms with Gasteiger partial charge < -0.3 is 35.9 Å². The Labute approximate surface area is 131 Å². The minimum absolute atomic E-state index is 0. The van der Waals surface area contributed by atoms with Crippen molar-refractivity contribution in [2.45, 2.75) is 26.2 Å². The highest BCUT2D eigenvalue weighted by molar-refractivity contribution is 7.46. The van der Waals surface area contributed by atoms with Crippen molar-refractivity contribution in [3.63, 3.8) is 0 Å². The van der Waals surface area contributed by atoms with Gasteiger partial charge in [-0.05, 0) is 6.92 Å². The topological polar surface area (TPSA) is 204 Å². The molecular weight excluding hydrogens is 335 g/mol. The number of phosphoric ester groups is 1. The zero-order chi connectivity index (χ0) is 16.9. The third kappa shape index (κ3) is 6.59. The second-order valence-corrected chi connectivity index (χ2v) is 5.59. The van der Waals surface area contributed by atoms with Crippen molar-refractivity contribution in [2.75, 3.05) is 6.61 Å². The predicted octanol–water partition coefficient (Wildman–Crippen LogP) is -1.76. The van der Waals surface area contributed by atoms with Crippen molar-refractivity contribution >= 4 is 13.8 Å². The fraction of sp³-hybridized carbons (Fsp3) is 0.455. The summed E-state index contributed by atoms with van der Waals surface area (Å²) in [4.78, 5) is 32.4. The Bertz CT molecular complexity index is 589. The lowest BCUT2D eigenvalue weighted by molar-refractivity contribution is -0.147. The summed E-state index contributed by atoms with van der Waals surface area (Å²) >= 11 is 0. The largest absolute Gasteiger partial charge is 0.506 e. The molecule has 1 heterocycles. The van der Waals surface area contributed by atoms with Crippen LogP contribution in [0.2, 0.25) is 0 Å². The van der Waals surface area contributed by atoms with Crippen LogP contribution in [0.1, 0.15) is 16.8 Å². The van der Waals surface area contributed by atoms with Crippen LogP contribution in [0.15, 0.2) is 6.20 Å². The van der Waals surface area contributed by atoms with Gasteiger partial charge in [0.15, 0.2) is 0 Å². The molecule has 23 heavy (non-hydrogen) atoms. The molecular formula is C11H19N2O9P. The summed E-state index contributed by atoms with van der Waals surface area (Å²) in [5, 5.41) is 18.9. The molecule has 0 saturated carbocycles. The normalized spacial score (nSPS) is 12.4. The van der Waals surface area contributed by atoms with Crippen molar-refractivity contribution in [1.82, 2.24) is 4.98 Å². The molecule has 0 aromatic carbocycles. The van der Waals surface area contributed by atoms with E-state index >= 15 is 0 Å². The van der Waals surface area contributed by atoms with E-state index in [1.807, 2.05) is 0 Å². The molecule has 0 aliphatic carbocycles. The number of phosphoric acid groups is 1. The van der Waals surface area contributed by atoms with Gasteiger partial charge in [-0.1, -0.05) is 0 Å². The Morgan fingerprint density at radius 1 is 1.48 bits per heavy atom. The minimum Gasteiger partial charge on any atom is -0.506 e. The van der Waals surface area contributed by atoms with Crippen LogP contribution < -0.4 is 5.73 Å². The Kier molecular flexibility index (Phi) is 8.28. The van der Waals surface area contributed by atoms with Crippen LogP contribution in [0.3, 0.4) is 0 Å². The number of ether oxygens (including phenoxy) is 1. The van der Waals surface area contributed by atoms with E-state index in [0.29, 0.717) is 5.69 Å². The highest BCUT2D eigenvalue weighted by atomic mass is 31.2. The number of esters is 1. The number of hydrogen-bond acceptors (Lipinski definition) is 8. The third-order valence-electron chi connectivity index (χ3n) is 2.68. The summed E-state index contributed by atoms with van der Waals surface area (Å²) in [5.41, 5.74) is 6.11. The Hall–Kier alpha value is -1.59. The first-order valence-corrected chi connectivity index (χ1v) is 7.58. The lowest BCUT2D eigenvalue weighted by Gasteiger charge is -2.14. The van der Waals surface area contributed by atoms with E-state index in [9.17, 15) is 19.6 Å². The molecule has 1 aromatic rings. The van der Waals surface area contributed by atoms with E-state index in [4.69, 9.17) is 20.3 Å². The summed E-state index contributed by atoms with van der Waals surface area (Å²) < 4.78 is 19.4. The highest BCUT2D eigenvalue weighted by Crippen LogP contribution is 2.35. The summed E-state index contributed by atoms with van der Waals surface area (Å²) in [6.07, 6.45) is 1.32. The van der Waals surface area contributed by atoms with Gasteiger partial charge in [-0.15, -0.1) is 0 Å². The maximum absolute atomic E-state index is 11.6. The molecule has 0 aliphatic heterocycles. The molecule has 0 radical (unpaired) electrons. The maximum Gasteiger partial charge on any atom is 0.469 e. The van der Waals surface area contributed by atoms with Crippen LogP contribution in [0.25, 0.3) is 0 Å². The number of aromatic hydroxyl groups is 1. The van der Waals surface area contributed by atoms with Crippen LogP contribution in [0, 0.1) is 6.92 Å². The molecule has 0 unspecified atom stereocenters. The van der Waals surface area contributed by atoms with Gasteiger partial charge in [0.2, 0.25) is 0 Å². The van der Waals surface area contributed by atoms with Crippen LogP contribution in [0.4, 0.5) is 0 Å². The van der Waals surface area contributed by atoms with E-state index in [-0.39, 0.29) is 29.0 Å². The van der Waals surface area contributed by atoms with Crippen molar-refractivity contribution in [2.24, 2.45) is 5.73 Å². The fourth-order valence-corrected chi connectivity index (χ4v) is 1.84. The molecule has 1 rings (SSSR count). The molecule has 0 bridgehead atoms. The zero-order valence-electron chi connectivity index (χ0n) is 12.2. The number of carbonyl (C=O) groups is 1. The summed E-state index contributed by atoms with van der Waals surface area (Å²) in [7, 11) is -4.72. The van der Waals surface area contributed by atoms with Crippen LogP contribution in [-0.2, 0) is 31.8 Å². The quantitative estimate of drug-likeness (QED) is 0.275. The molecule has 12 heteroatoms. The third-order valence-corrected chi connectivity index (χ3v) is 3.17. The minimum atomic E-state index is -4.72. The molecule has 0 saturated heterocycles. The van der Waals surface area contributed by atoms with Crippen LogP contribution in [-0.4, -0.2) is 49.1 Å². The first-order valence-electron chi connectivity index (χ1n) is 6.05. The Balaban J connectivity index is 0.00000484. The molecule has 0 aliphatic rings. The van der Waals surface area contributed by atoms with E-state index in [2.05, 4.69) is 9.51 Å². The molecule has 11 nitrogen and oxygen atoms in total. The van der Waals surface area contributed by atoms with E-state index in [0.717, 1.165) is 0 Å². The number of aliphatic hydroxyl groups excluding tert-OH is 1. The number of carbonyl (C=O) groups excluding carboxylic acids is 1. The average molecular weight is 354 g/mol. The van der Waals surface area contributed by atoms with Crippen molar-refractivity contribution < 1.29 is 44.1 Å². The van der Waals surface area contributed by atoms with Gasteiger partial charge in [0.1, 0.15) is 18.4 Å². The molecule has 8 N–H and O–H groups in total. The van der Waals surface area contributed by atoms with Gasteiger partial charge in [0, 0.05) is 17.3 Å². The van der Waals surface area contributed by atoms with Gasteiger partial charge in [0.25, 0.3) is 0 Å². The van der Waals surface area contributed by atoms with E-state index < -0.39 is 33.0 Å². The molecule has 1 atom stereocenters. The van der Waals surface area contributed by atoms with E-state index in [1.54, 1.807) is 6.92 Å². The number of aromatic nitrogens is 1. The van der Waals surface area contributed by atoms with E-state index in [1.165, 1.54) is 6.20 Å². The first-order chi connectivity index (χ1) is 10.2. The SMILES string of the molecule is Cc1ncc(COC(=O)[C@@H](N)COP(=O)(O)O)c(CO)c1O.O. The lowest BCUT2D eigenvalue weighted by Crippen LogP contribution is -2.36. The first kappa shape index (κ1) is 21.4. The second-order valence-electron chi connectivity index (χ2n) is 4.35. The van der Waals surface area contributed by atoms with Crippen LogP contribution in [0.5, 0.6) is 5.75 Å². The number of nitrogens with two attached hydrogens (primary N) is 1. The van der Waals surface area contributed by atoms with Gasteiger partial charge in [-0.25, -0.2) is 4.57 Å². The maximum atomic E-state index is 11.6. The fourth-order valence-electron chi connectivity index (χ4n) is 1.49. The van der Waals surface area contributed by atoms with Crippen molar-refractivity contribution in [3.05, 3.63) is 23.0 Å². The number of pyridine rings is 1. The Morgan fingerprint density at radius 2 is 2.09 bits per heavy atom. The van der Waals surface area contributed by atoms with Crippen molar-refractivity contribution in [1.29, 1.82) is 0 Å². The molecule has 132 valence electrons. The summed E-state index contributed by atoms with van der Waals surface area (Å²) in [5.74, 6) is -1.16. The highest BCUT2D eigenvalue weighted by Gasteiger charge is 2.22.